The van der Waals surface area contributed by atoms with Gasteiger partial charge in [0.15, 0.2) is 12.4 Å². The van der Waals surface area contributed by atoms with Gasteiger partial charge in [-0.15, -0.1) is 0 Å². The van der Waals surface area contributed by atoms with Crippen LogP contribution < -0.4 is 4.57 Å². The number of carbonyl (C=O) groups excluding carboxylic acids is 1. The molecular weight excluding hydrogens is 164 g/mol. The number of hydrogen-bond acceptors (Lipinski definition) is 1. The average Bonchev–Trinajstić information content (AvgIpc) is 2.46. The maximum Gasteiger partial charge on any atom is 0.220 e. The van der Waals surface area contributed by atoms with Gasteiger partial charge in [-0.25, -0.2) is 4.57 Å². The number of fused-ring (bicyclic) bond motifs is 1. The van der Waals surface area contributed by atoms with Gasteiger partial charge in [0, 0.05) is 25.1 Å². The van der Waals surface area contributed by atoms with Crippen molar-refractivity contribution in [2.24, 2.45) is 7.05 Å². The van der Waals surface area contributed by atoms with E-state index in [1.165, 1.54) is 11.1 Å². The zero-order valence-corrected chi connectivity index (χ0v) is 7.95. The molecule has 1 aromatic rings. The highest BCUT2D eigenvalue weighted by Gasteiger charge is 2.22. The summed E-state index contributed by atoms with van der Waals surface area (Å²) in [6, 6.07) is 2.08. The number of amides is 1. The van der Waals surface area contributed by atoms with Crippen LogP contribution in [0.15, 0.2) is 18.5 Å². The molecule has 0 saturated carbocycles. The second kappa shape index (κ2) is 2.83. The Bertz CT molecular complexity index is 360. The van der Waals surface area contributed by atoms with E-state index in [2.05, 4.69) is 12.3 Å². The minimum Gasteiger partial charge on any atom is -0.334 e. The van der Waals surface area contributed by atoms with Gasteiger partial charge in [0.1, 0.15) is 7.05 Å². The van der Waals surface area contributed by atoms with Crippen molar-refractivity contribution in [1.82, 2.24) is 4.90 Å². The van der Waals surface area contributed by atoms with Crippen LogP contribution in [-0.4, -0.2) is 10.8 Å². The van der Waals surface area contributed by atoms with E-state index in [-0.39, 0.29) is 5.91 Å². The Morgan fingerprint density at radius 2 is 2.15 bits per heavy atom. The summed E-state index contributed by atoms with van der Waals surface area (Å²) < 4.78 is 2.02. The molecule has 1 aromatic heterocycles. The lowest BCUT2D eigenvalue weighted by atomic mass is 10.2. The third kappa shape index (κ3) is 1.41. The maximum atomic E-state index is 11.1. The molecule has 0 atom stereocenters. The van der Waals surface area contributed by atoms with Gasteiger partial charge in [-0.1, -0.05) is 0 Å². The fourth-order valence-corrected chi connectivity index (χ4v) is 1.67. The molecule has 0 spiro atoms. The highest BCUT2D eigenvalue weighted by atomic mass is 16.2. The van der Waals surface area contributed by atoms with Crippen molar-refractivity contribution in [1.29, 1.82) is 0 Å². The van der Waals surface area contributed by atoms with Crippen molar-refractivity contribution >= 4 is 5.91 Å². The number of hydrogen-bond donors (Lipinski definition) is 0. The van der Waals surface area contributed by atoms with E-state index < -0.39 is 0 Å². The third-order valence-corrected chi connectivity index (χ3v) is 2.45. The molecule has 0 radical (unpaired) electrons. The molecule has 3 nitrogen and oxygen atoms in total. The predicted octanol–water partition coefficient (Wildman–Crippen LogP) is 0.373. The van der Waals surface area contributed by atoms with Gasteiger partial charge >= 0.3 is 0 Å². The second-order valence-corrected chi connectivity index (χ2v) is 3.54. The van der Waals surface area contributed by atoms with E-state index in [9.17, 15) is 4.79 Å². The smallest absolute Gasteiger partial charge is 0.220 e. The first-order valence-corrected chi connectivity index (χ1v) is 4.39. The third-order valence-electron chi connectivity index (χ3n) is 2.45. The standard InChI is InChI=1S/C10H13N2O/c1-8(13)12-6-9-3-4-11(2)5-10(9)7-12/h3-5H,6-7H2,1-2H3/q+1. The number of aryl methyl sites for hydroxylation is 1. The molecule has 1 aliphatic heterocycles. The Balaban J connectivity index is 2.30. The molecule has 2 heterocycles. The number of nitrogens with zero attached hydrogens (tertiary/aromatic N) is 2. The van der Waals surface area contributed by atoms with Crippen LogP contribution >= 0.6 is 0 Å². The first-order chi connectivity index (χ1) is 6.16. The fraction of sp³-hybridized carbons (Fsp3) is 0.400. The largest absolute Gasteiger partial charge is 0.334 e. The molecule has 3 heteroatoms. The topological polar surface area (TPSA) is 24.2 Å². The van der Waals surface area contributed by atoms with E-state index >= 15 is 0 Å². The number of aromatic nitrogens is 1. The minimum atomic E-state index is 0.152. The zero-order valence-electron chi connectivity index (χ0n) is 7.95. The lowest BCUT2D eigenvalue weighted by Gasteiger charge is -2.10. The van der Waals surface area contributed by atoms with Crippen molar-refractivity contribution in [3.05, 3.63) is 29.6 Å². The van der Waals surface area contributed by atoms with Crippen LogP contribution in [0.2, 0.25) is 0 Å². The van der Waals surface area contributed by atoms with Gasteiger partial charge < -0.3 is 4.90 Å². The van der Waals surface area contributed by atoms with E-state index in [1.54, 1.807) is 6.92 Å². The van der Waals surface area contributed by atoms with Crippen LogP contribution in [0.25, 0.3) is 0 Å². The SMILES string of the molecule is CC(=O)N1Cc2cc[n+](C)cc2C1. The summed E-state index contributed by atoms with van der Waals surface area (Å²) in [6.07, 6.45) is 4.10. The minimum absolute atomic E-state index is 0.152. The molecule has 0 saturated heterocycles. The van der Waals surface area contributed by atoms with Gasteiger partial charge in [-0.05, 0) is 5.56 Å². The molecule has 0 aromatic carbocycles. The van der Waals surface area contributed by atoms with Crippen molar-refractivity contribution < 1.29 is 9.36 Å². The van der Waals surface area contributed by atoms with Crippen molar-refractivity contribution in [2.45, 2.75) is 20.0 Å². The highest BCUT2D eigenvalue weighted by molar-refractivity contribution is 5.74. The van der Waals surface area contributed by atoms with E-state index in [0.29, 0.717) is 0 Å². The monoisotopic (exact) mass is 177 g/mol. The Hall–Kier alpha value is -1.38. The molecule has 13 heavy (non-hydrogen) atoms. The van der Waals surface area contributed by atoms with E-state index in [1.807, 2.05) is 22.7 Å². The predicted molar refractivity (Wildman–Crippen MR) is 47.5 cm³/mol. The molecule has 0 bridgehead atoms. The van der Waals surface area contributed by atoms with Crippen molar-refractivity contribution in [3.8, 4) is 0 Å². The maximum absolute atomic E-state index is 11.1. The summed E-state index contributed by atoms with van der Waals surface area (Å²) >= 11 is 0. The lowest BCUT2D eigenvalue weighted by molar-refractivity contribution is -0.671. The summed E-state index contributed by atoms with van der Waals surface area (Å²) in [5, 5.41) is 0. The van der Waals surface area contributed by atoms with Gasteiger partial charge in [-0.2, -0.15) is 0 Å². The van der Waals surface area contributed by atoms with Crippen LogP contribution in [-0.2, 0) is 24.9 Å². The Morgan fingerprint density at radius 3 is 2.85 bits per heavy atom. The molecule has 1 aliphatic rings. The molecule has 0 aliphatic carbocycles. The van der Waals surface area contributed by atoms with Crippen LogP contribution in [0.5, 0.6) is 0 Å². The summed E-state index contributed by atoms with van der Waals surface area (Å²) in [5.74, 6) is 0.152. The van der Waals surface area contributed by atoms with Crippen molar-refractivity contribution in [2.75, 3.05) is 0 Å². The van der Waals surface area contributed by atoms with Crippen molar-refractivity contribution in [3.63, 3.8) is 0 Å². The molecule has 68 valence electrons. The normalized spacial score (nSPS) is 14.5. The summed E-state index contributed by atoms with van der Waals surface area (Å²) in [6.45, 7) is 3.15. The molecule has 0 unspecified atom stereocenters. The highest BCUT2D eigenvalue weighted by Crippen LogP contribution is 2.20. The average molecular weight is 177 g/mol. The molecule has 1 amide bonds. The summed E-state index contributed by atoms with van der Waals surface area (Å²) in [7, 11) is 2.00. The molecule has 0 fully saturated rings. The van der Waals surface area contributed by atoms with Crippen LogP contribution in [0.1, 0.15) is 18.1 Å². The Labute approximate surface area is 77.6 Å². The first kappa shape index (κ1) is 8.23. The summed E-state index contributed by atoms with van der Waals surface area (Å²) in [5.41, 5.74) is 2.54. The van der Waals surface area contributed by atoms with E-state index in [4.69, 9.17) is 0 Å². The van der Waals surface area contributed by atoms with Gasteiger partial charge in [0.2, 0.25) is 5.91 Å². The van der Waals surface area contributed by atoms with Gasteiger partial charge in [0.05, 0.1) is 6.54 Å². The van der Waals surface area contributed by atoms with Crippen LogP contribution in [0.3, 0.4) is 0 Å². The first-order valence-electron chi connectivity index (χ1n) is 4.39. The fourth-order valence-electron chi connectivity index (χ4n) is 1.67. The summed E-state index contributed by atoms with van der Waals surface area (Å²) in [4.78, 5) is 13.0. The zero-order chi connectivity index (χ0) is 9.42. The molecular formula is C10H13N2O+. The molecule has 0 N–H and O–H groups in total. The number of rotatable bonds is 0. The van der Waals surface area contributed by atoms with Crippen LogP contribution in [0, 0.1) is 0 Å². The number of carbonyl (C=O) groups is 1. The van der Waals surface area contributed by atoms with E-state index in [0.717, 1.165) is 13.1 Å². The van der Waals surface area contributed by atoms with Gasteiger partial charge in [0.25, 0.3) is 0 Å². The quantitative estimate of drug-likeness (QED) is 0.525. The Morgan fingerprint density at radius 1 is 1.46 bits per heavy atom. The second-order valence-electron chi connectivity index (χ2n) is 3.54. The number of pyridine rings is 1. The Kier molecular flexibility index (Phi) is 1.79. The van der Waals surface area contributed by atoms with Crippen LogP contribution in [0.4, 0.5) is 0 Å². The molecule has 2 rings (SSSR count). The van der Waals surface area contributed by atoms with Gasteiger partial charge in [-0.3, -0.25) is 4.79 Å². The lowest BCUT2D eigenvalue weighted by Crippen LogP contribution is -2.27.